The fourth-order valence-corrected chi connectivity index (χ4v) is 1.57. The molecule has 106 valence electrons. The largest absolute Gasteiger partial charge is 0.416 e. The van der Waals surface area contributed by atoms with Gasteiger partial charge < -0.3 is 10.2 Å². The van der Waals surface area contributed by atoms with E-state index in [9.17, 15) is 18.0 Å². The van der Waals surface area contributed by atoms with Crippen LogP contribution in [0.2, 0.25) is 5.02 Å². The number of hydrogen-bond donors (Lipinski definition) is 1. The van der Waals surface area contributed by atoms with E-state index in [1.165, 1.54) is 0 Å². The van der Waals surface area contributed by atoms with E-state index >= 15 is 0 Å². The SMILES string of the molecule is CN(C)CCNC(=O)c1cc(C(F)(F)F)ccc1Cl. The van der Waals surface area contributed by atoms with Crippen LogP contribution in [0.3, 0.4) is 0 Å². The maximum absolute atomic E-state index is 12.5. The summed E-state index contributed by atoms with van der Waals surface area (Å²) in [6.45, 7) is 0.917. The summed E-state index contributed by atoms with van der Waals surface area (Å²) in [5, 5.41) is 2.51. The topological polar surface area (TPSA) is 32.3 Å². The third-order valence-electron chi connectivity index (χ3n) is 2.38. The van der Waals surface area contributed by atoms with E-state index in [2.05, 4.69) is 5.32 Å². The molecule has 0 radical (unpaired) electrons. The summed E-state index contributed by atoms with van der Waals surface area (Å²) in [5.41, 5.74) is -1.06. The molecule has 0 heterocycles. The Kier molecular flexibility index (Phi) is 5.20. The second kappa shape index (κ2) is 6.25. The van der Waals surface area contributed by atoms with Crippen molar-refractivity contribution in [3.8, 4) is 0 Å². The number of nitrogens with zero attached hydrogens (tertiary/aromatic N) is 1. The normalized spacial score (nSPS) is 11.7. The summed E-state index contributed by atoms with van der Waals surface area (Å²) < 4.78 is 37.6. The molecule has 1 N–H and O–H groups in total. The number of benzene rings is 1. The molecule has 0 atom stereocenters. The molecule has 1 aromatic carbocycles. The summed E-state index contributed by atoms with van der Waals surface area (Å²) in [4.78, 5) is 13.6. The maximum atomic E-state index is 12.5. The standard InChI is InChI=1S/C12H14ClF3N2O/c1-18(2)6-5-17-11(19)9-7-8(12(14,15)16)3-4-10(9)13/h3-4,7H,5-6H2,1-2H3,(H,17,19). The number of hydrogen-bond acceptors (Lipinski definition) is 2. The van der Waals surface area contributed by atoms with Gasteiger partial charge in [0.05, 0.1) is 16.1 Å². The lowest BCUT2D eigenvalue weighted by Crippen LogP contribution is -2.31. The minimum atomic E-state index is -4.50. The molecule has 0 aromatic heterocycles. The Morgan fingerprint density at radius 1 is 1.37 bits per heavy atom. The molecule has 19 heavy (non-hydrogen) atoms. The Bertz CT molecular complexity index is 461. The van der Waals surface area contributed by atoms with Crippen molar-refractivity contribution in [1.29, 1.82) is 0 Å². The molecule has 0 aliphatic rings. The van der Waals surface area contributed by atoms with Gasteiger partial charge in [-0.1, -0.05) is 11.6 Å². The van der Waals surface area contributed by atoms with E-state index in [0.717, 1.165) is 18.2 Å². The number of carbonyl (C=O) groups excluding carboxylic acids is 1. The molecule has 0 saturated heterocycles. The highest BCUT2D eigenvalue weighted by Crippen LogP contribution is 2.31. The molecule has 0 unspecified atom stereocenters. The van der Waals surface area contributed by atoms with Crippen LogP contribution in [0, 0.1) is 0 Å². The Morgan fingerprint density at radius 3 is 2.53 bits per heavy atom. The van der Waals surface area contributed by atoms with Crippen LogP contribution < -0.4 is 5.32 Å². The van der Waals surface area contributed by atoms with Crippen LogP contribution in [0.15, 0.2) is 18.2 Å². The average Bonchev–Trinajstić information content (AvgIpc) is 2.27. The van der Waals surface area contributed by atoms with Crippen LogP contribution in [-0.4, -0.2) is 38.0 Å². The van der Waals surface area contributed by atoms with Crippen molar-refractivity contribution in [2.75, 3.05) is 27.2 Å². The average molecular weight is 295 g/mol. The fraction of sp³-hybridized carbons (Fsp3) is 0.417. The second-order valence-electron chi connectivity index (χ2n) is 4.25. The van der Waals surface area contributed by atoms with E-state index < -0.39 is 17.6 Å². The van der Waals surface area contributed by atoms with Gasteiger partial charge in [-0.05, 0) is 32.3 Å². The number of amides is 1. The van der Waals surface area contributed by atoms with E-state index in [1.54, 1.807) is 0 Å². The molecule has 0 bridgehead atoms. The molecule has 7 heteroatoms. The van der Waals surface area contributed by atoms with Crippen molar-refractivity contribution >= 4 is 17.5 Å². The van der Waals surface area contributed by atoms with Crippen molar-refractivity contribution in [2.24, 2.45) is 0 Å². The van der Waals surface area contributed by atoms with Crippen LogP contribution >= 0.6 is 11.6 Å². The highest BCUT2D eigenvalue weighted by molar-refractivity contribution is 6.33. The zero-order valence-corrected chi connectivity index (χ0v) is 11.3. The van der Waals surface area contributed by atoms with Gasteiger partial charge in [0.25, 0.3) is 5.91 Å². The summed E-state index contributed by atoms with van der Waals surface area (Å²) in [7, 11) is 3.65. The van der Waals surface area contributed by atoms with Gasteiger partial charge in [0.2, 0.25) is 0 Å². The van der Waals surface area contributed by atoms with Gasteiger partial charge in [-0.25, -0.2) is 0 Å². The lowest BCUT2D eigenvalue weighted by atomic mass is 10.1. The minimum Gasteiger partial charge on any atom is -0.351 e. The first-order valence-corrected chi connectivity index (χ1v) is 5.89. The Morgan fingerprint density at radius 2 is 2.00 bits per heavy atom. The first kappa shape index (κ1) is 15.8. The molecule has 1 aromatic rings. The monoisotopic (exact) mass is 294 g/mol. The highest BCUT2D eigenvalue weighted by atomic mass is 35.5. The first-order valence-electron chi connectivity index (χ1n) is 5.51. The van der Waals surface area contributed by atoms with Crippen LogP contribution in [0.25, 0.3) is 0 Å². The summed E-state index contributed by atoms with van der Waals surface area (Å²) in [5.74, 6) is -0.613. The number of alkyl halides is 3. The van der Waals surface area contributed by atoms with Gasteiger partial charge in [0.15, 0.2) is 0 Å². The quantitative estimate of drug-likeness (QED) is 0.926. The van der Waals surface area contributed by atoms with Gasteiger partial charge in [-0.2, -0.15) is 13.2 Å². The van der Waals surface area contributed by atoms with Crippen LogP contribution in [-0.2, 0) is 6.18 Å². The number of rotatable bonds is 4. The molecule has 3 nitrogen and oxygen atoms in total. The van der Waals surface area contributed by atoms with E-state index in [0.29, 0.717) is 13.1 Å². The van der Waals surface area contributed by atoms with Gasteiger partial charge in [0, 0.05) is 13.1 Å². The Labute approximate surface area is 114 Å². The van der Waals surface area contributed by atoms with Gasteiger partial charge in [0.1, 0.15) is 0 Å². The molecular formula is C12H14ClF3N2O. The van der Waals surface area contributed by atoms with E-state index in [1.807, 2.05) is 19.0 Å². The minimum absolute atomic E-state index is 0.00430. The molecule has 1 amide bonds. The zero-order chi connectivity index (χ0) is 14.6. The van der Waals surface area contributed by atoms with E-state index in [-0.39, 0.29) is 10.6 Å². The Balaban J connectivity index is 2.84. The number of carbonyl (C=O) groups is 1. The van der Waals surface area contributed by atoms with Gasteiger partial charge >= 0.3 is 6.18 Å². The van der Waals surface area contributed by atoms with Gasteiger partial charge in [-0.15, -0.1) is 0 Å². The van der Waals surface area contributed by atoms with Crippen molar-refractivity contribution in [3.63, 3.8) is 0 Å². The first-order chi connectivity index (χ1) is 8.71. The van der Waals surface area contributed by atoms with Crippen LogP contribution in [0.4, 0.5) is 13.2 Å². The Hall–Kier alpha value is -1.27. The fourth-order valence-electron chi connectivity index (χ4n) is 1.36. The van der Waals surface area contributed by atoms with Crippen molar-refractivity contribution in [3.05, 3.63) is 34.3 Å². The predicted molar refractivity (Wildman–Crippen MR) is 67.3 cm³/mol. The molecule has 0 saturated carbocycles. The summed E-state index contributed by atoms with van der Waals surface area (Å²) in [6.07, 6.45) is -4.50. The lowest BCUT2D eigenvalue weighted by molar-refractivity contribution is -0.137. The molecular weight excluding hydrogens is 281 g/mol. The number of likely N-dealkylation sites (N-methyl/N-ethyl adjacent to an activating group) is 1. The zero-order valence-electron chi connectivity index (χ0n) is 10.5. The molecule has 1 rings (SSSR count). The summed E-state index contributed by atoms with van der Waals surface area (Å²) >= 11 is 5.74. The number of nitrogens with one attached hydrogen (secondary N) is 1. The number of halogens is 4. The third kappa shape index (κ3) is 4.72. The maximum Gasteiger partial charge on any atom is 0.416 e. The second-order valence-corrected chi connectivity index (χ2v) is 4.66. The van der Waals surface area contributed by atoms with Crippen LogP contribution in [0.1, 0.15) is 15.9 Å². The molecule has 0 spiro atoms. The van der Waals surface area contributed by atoms with Crippen LogP contribution in [0.5, 0.6) is 0 Å². The highest BCUT2D eigenvalue weighted by Gasteiger charge is 2.31. The third-order valence-corrected chi connectivity index (χ3v) is 2.71. The van der Waals surface area contributed by atoms with Gasteiger partial charge in [-0.3, -0.25) is 4.79 Å². The molecule has 0 aliphatic carbocycles. The predicted octanol–water partition coefficient (Wildman–Crippen LogP) is 2.65. The molecule has 0 fully saturated rings. The lowest BCUT2D eigenvalue weighted by Gasteiger charge is -2.12. The smallest absolute Gasteiger partial charge is 0.351 e. The van der Waals surface area contributed by atoms with Crippen molar-refractivity contribution < 1.29 is 18.0 Å². The van der Waals surface area contributed by atoms with E-state index in [4.69, 9.17) is 11.6 Å². The summed E-state index contributed by atoms with van der Waals surface area (Å²) in [6, 6.07) is 2.68. The van der Waals surface area contributed by atoms with Crippen molar-refractivity contribution in [2.45, 2.75) is 6.18 Å². The molecule has 0 aliphatic heterocycles. The van der Waals surface area contributed by atoms with Crippen molar-refractivity contribution in [1.82, 2.24) is 10.2 Å².